The molecule has 5 heteroatoms. The van der Waals surface area contributed by atoms with E-state index >= 15 is 0 Å². The molecule has 0 amide bonds. The average molecular weight is 424 g/mol. The molecule has 0 spiro atoms. The van der Waals surface area contributed by atoms with E-state index in [1.165, 1.54) is 6.08 Å². The number of benzene rings is 3. The van der Waals surface area contributed by atoms with E-state index < -0.39 is 11.4 Å². The van der Waals surface area contributed by atoms with Crippen molar-refractivity contribution in [3.8, 4) is 5.75 Å². The Kier molecular flexibility index (Phi) is 4.96. The summed E-state index contributed by atoms with van der Waals surface area (Å²) in [4.78, 5) is 26.3. The third-order valence-electron chi connectivity index (χ3n) is 5.47. The maximum absolute atomic E-state index is 13.2. The van der Waals surface area contributed by atoms with Crippen LogP contribution in [0, 0.1) is 0 Å². The fourth-order valence-electron chi connectivity index (χ4n) is 4.07. The van der Waals surface area contributed by atoms with Crippen LogP contribution in [0.25, 0.3) is 16.5 Å². The molecule has 1 unspecified atom stereocenters. The summed E-state index contributed by atoms with van der Waals surface area (Å²) in [5.41, 5.74) is 1.53. The summed E-state index contributed by atoms with van der Waals surface area (Å²) < 4.78 is 18.2. The zero-order chi connectivity index (χ0) is 22.1. The van der Waals surface area contributed by atoms with Crippen LogP contribution in [0.3, 0.4) is 0 Å². The summed E-state index contributed by atoms with van der Waals surface area (Å²) in [6.07, 6.45) is 1.43. The fourth-order valence-corrected chi connectivity index (χ4v) is 4.07. The van der Waals surface area contributed by atoms with E-state index in [2.05, 4.69) is 0 Å². The van der Waals surface area contributed by atoms with Gasteiger partial charge in [0.15, 0.2) is 5.78 Å². The van der Waals surface area contributed by atoms with Gasteiger partial charge in [0.05, 0.1) is 11.0 Å². The Balaban J connectivity index is 1.82. The lowest BCUT2D eigenvalue weighted by Gasteiger charge is -2.30. The quantitative estimate of drug-likeness (QED) is 0.246. The molecule has 1 aliphatic rings. The molecular formula is C27H20O5. The van der Waals surface area contributed by atoms with Crippen molar-refractivity contribution in [2.24, 2.45) is 0 Å². The second kappa shape index (κ2) is 7.94. The van der Waals surface area contributed by atoms with E-state index in [0.29, 0.717) is 40.0 Å². The number of hydrogen-bond donors (Lipinski definition) is 0. The molecule has 1 atom stereocenters. The molecule has 158 valence electrons. The molecule has 3 aromatic carbocycles. The first kappa shape index (κ1) is 20.0. The molecule has 4 aromatic rings. The van der Waals surface area contributed by atoms with Gasteiger partial charge in [0.2, 0.25) is 0 Å². The highest BCUT2D eigenvalue weighted by Gasteiger charge is 2.50. The summed E-state index contributed by atoms with van der Waals surface area (Å²) in [7, 11) is 0. The van der Waals surface area contributed by atoms with Crippen LogP contribution in [0.5, 0.6) is 5.75 Å². The van der Waals surface area contributed by atoms with E-state index in [1.807, 2.05) is 55.5 Å². The number of ketones is 1. The van der Waals surface area contributed by atoms with Crippen molar-refractivity contribution in [2.45, 2.75) is 12.7 Å². The number of para-hydroxylation sites is 1. The maximum Gasteiger partial charge on any atom is 0.347 e. The van der Waals surface area contributed by atoms with Gasteiger partial charge < -0.3 is 13.9 Å². The van der Waals surface area contributed by atoms with E-state index in [-0.39, 0.29) is 11.3 Å². The van der Waals surface area contributed by atoms with Crippen LogP contribution in [-0.2, 0) is 10.5 Å². The molecule has 5 nitrogen and oxygen atoms in total. The van der Waals surface area contributed by atoms with E-state index in [1.54, 1.807) is 36.4 Å². The Morgan fingerprint density at radius 1 is 0.938 bits per heavy atom. The minimum absolute atomic E-state index is 0.199. The molecule has 0 saturated carbocycles. The zero-order valence-corrected chi connectivity index (χ0v) is 17.4. The van der Waals surface area contributed by atoms with Gasteiger partial charge >= 0.3 is 5.63 Å². The minimum Gasteiger partial charge on any atom is -0.452 e. The Morgan fingerprint density at radius 3 is 2.31 bits per heavy atom. The number of hydrogen-bond acceptors (Lipinski definition) is 5. The number of carbonyl (C=O) groups is 1. The summed E-state index contributed by atoms with van der Waals surface area (Å²) in [5, 5.41) is 0.637. The first-order chi connectivity index (χ1) is 15.6. The van der Waals surface area contributed by atoms with Gasteiger partial charge in [-0.15, -0.1) is 0 Å². The van der Waals surface area contributed by atoms with E-state index in [4.69, 9.17) is 13.9 Å². The molecule has 0 saturated heterocycles. The van der Waals surface area contributed by atoms with Gasteiger partial charge in [-0.1, -0.05) is 72.8 Å². The lowest BCUT2D eigenvalue weighted by molar-refractivity contribution is -0.133. The Morgan fingerprint density at radius 2 is 1.59 bits per heavy atom. The highest BCUT2D eigenvalue weighted by atomic mass is 16.7. The number of ether oxygens (including phenoxy) is 2. The van der Waals surface area contributed by atoms with Crippen molar-refractivity contribution in [3.05, 3.63) is 118 Å². The Hall–Kier alpha value is -3.96. The maximum atomic E-state index is 13.2. The van der Waals surface area contributed by atoms with Gasteiger partial charge in [-0.25, -0.2) is 4.79 Å². The minimum atomic E-state index is -1.46. The van der Waals surface area contributed by atoms with Crippen LogP contribution < -0.4 is 10.4 Å². The molecule has 1 aliphatic heterocycles. The van der Waals surface area contributed by atoms with Gasteiger partial charge in [-0.3, -0.25) is 4.79 Å². The lowest BCUT2D eigenvalue weighted by atomic mass is 9.92. The normalized spacial score (nSPS) is 18.5. The van der Waals surface area contributed by atoms with Crippen LogP contribution in [0.4, 0.5) is 0 Å². The molecule has 32 heavy (non-hydrogen) atoms. The third-order valence-corrected chi connectivity index (χ3v) is 5.47. The summed E-state index contributed by atoms with van der Waals surface area (Å²) in [6.45, 7) is 2.14. The van der Waals surface area contributed by atoms with Crippen LogP contribution in [0.2, 0.25) is 0 Å². The third kappa shape index (κ3) is 3.15. The topological polar surface area (TPSA) is 65.7 Å². The van der Waals surface area contributed by atoms with Crippen LogP contribution in [0.15, 0.2) is 100 Å². The summed E-state index contributed by atoms with van der Waals surface area (Å²) in [5.74, 6) is -1.37. The van der Waals surface area contributed by atoms with Gasteiger partial charge in [-0.05, 0) is 25.1 Å². The standard InChI is InChI=1S/C27H20O5/c1-2-30-27(19-13-7-4-8-14-19)21(17-22(28)18-11-5-3-6-12-18)24-25(32-27)20-15-9-10-16-23(20)31-26(24)29/h3-17H,2H2,1H3. The van der Waals surface area contributed by atoms with Crippen molar-refractivity contribution >= 4 is 22.3 Å². The predicted octanol–water partition coefficient (Wildman–Crippen LogP) is 5.34. The van der Waals surface area contributed by atoms with Crippen molar-refractivity contribution in [2.75, 3.05) is 6.61 Å². The van der Waals surface area contributed by atoms with Crippen molar-refractivity contribution in [1.82, 2.24) is 0 Å². The van der Waals surface area contributed by atoms with Crippen molar-refractivity contribution < 1.29 is 18.7 Å². The number of allylic oxidation sites excluding steroid dienone is 1. The molecule has 5 rings (SSSR count). The van der Waals surface area contributed by atoms with E-state index in [0.717, 1.165) is 0 Å². The Bertz CT molecular complexity index is 1390. The monoisotopic (exact) mass is 424 g/mol. The second-order valence-corrected chi connectivity index (χ2v) is 7.40. The van der Waals surface area contributed by atoms with Gasteiger partial charge in [-0.2, -0.15) is 0 Å². The molecular weight excluding hydrogens is 404 g/mol. The predicted molar refractivity (Wildman–Crippen MR) is 122 cm³/mol. The van der Waals surface area contributed by atoms with Crippen LogP contribution in [0.1, 0.15) is 28.4 Å². The fraction of sp³-hybridized carbons (Fsp3) is 0.111. The molecule has 0 N–H and O–H groups in total. The van der Waals surface area contributed by atoms with E-state index in [9.17, 15) is 9.59 Å². The molecule has 1 aromatic heterocycles. The average Bonchev–Trinajstić information content (AvgIpc) is 3.16. The van der Waals surface area contributed by atoms with Crippen molar-refractivity contribution in [1.29, 1.82) is 0 Å². The van der Waals surface area contributed by atoms with Crippen LogP contribution in [-0.4, -0.2) is 12.4 Å². The molecule has 0 fully saturated rings. The van der Waals surface area contributed by atoms with Crippen LogP contribution >= 0.6 is 0 Å². The second-order valence-electron chi connectivity index (χ2n) is 7.40. The Labute approximate surface area is 184 Å². The number of fused-ring (bicyclic) bond motifs is 3. The summed E-state index contributed by atoms with van der Waals surface area (Å²) >= 11 is 0. The van der Waals surface area contributed by atoms with Gasteiger partial charge in [0.1, 0.15) is 16.9 Å². The zero-order valence-electron chi connectivity index (χ0n) is 17.4. The van der Waals surface area contributed by atoms with Crippen molar-refractivity contribution in [3.63, 3.8) is 0 Å². The molecule has 0 aliphatic carbocycles. The lowest BCUT2D eigenvalue weighted by Crippen LogP contribution is -2.34. The molecule has 0 bridgehead atoms. The number of carbonyl (C=O) groups excluding carboxylic acids is 1. The number of rotatable bonds is 5. The summed E-state index contributed by atoms with van der Waals surface area (Å²) in [6, 6.07) is 25.3. The van der Waals surface area contributed by atoms with Gasteiger partial charge in [0.25, 0.3) is 5.79 Å². The highest BCUT2D eigenvalue weighted by molar-refractivity contribution is 6.10. The first-order valence-corrected chi connectivity index (χ1v) is 10.4. The smallest absolute Gasteiger partial charge is 0.347 e. The molecule has 0 radical (unpaired) electrons. The molecule has 2 heterocycles. The highest BCUT2D eigenvalue weighted by Crippen LogP contribution is 2.51. The first-order valence-electron chi connectivity index (χ1n) is 10.4. The largest absolute Gasteiger partial charge is 0.452 e. The van der Waals surface area contributed by atoms with Gasteiger partial charge in [0, 0.05) is 17.7 Å². The SMILES string of the molecule is CCOC1(c2ccccc2)Oc2c(c(=O)oc3ccccc23)C1=CC(=O)c1ccccc1.